The van der Waals surface area contributed by atoms with Gasteiger partial charge in [0.25, 0.3) is 0 Å². The van der Waals surface area contributed by atoms with E-state index in [0.717, 1.165) is 31.7 Å². The first-order valence-electron chi connectivity index (χ1n) is 6.44. The standard InChI is InChI=1S/C14H20INO/c1-3-6-16-13(4-2)12-9-11(15)8-10-5-7-17-14(10)12/h8-9,13,16H,3-7H2,1-2H3. The van der Waals surface area contributed by atoms with Crippen LogP contribution in [0, 0.1) is 3.57 Å². The highest BCUT2D eigenvalue weighted by Gasteiger charge is 2.21. The highest BCUT2D eigenvalue weighted by Crippen LogP contribution is 2.36. The Labute approximate surface area is 117 Å². The molecule has 0 saturated carbocycles. The third-order valence-corrected chi connectivity index (χ3v) is 3.82. The molecule has 1 N–H and O–H groups in total. The normalized spacial score (nSPS) is 15.5. The lowest BCUT2D eigenvalue weighted by Crippen LogP contribution is -2.22. The van der Waals surface area contributed by atoms with Gasteiger partial charge < -0.3 is 10.1 Å². The van der Waals surface area contributed by atoms with Gasteiger partial charge in [0.05, 0.1) is 6.61 Å². The summed E-state index contributed by atoms with van der Waals surface area (Å²) in [5, 5.41) is 3.61. The van der Waals surface area contributed by atoms with Crippen LogP contribution in [0.4, 0.5) is 0 Å². The predicted octanol–water partition coefficient (Wildman–Crippen LogP) is 3.68. The number of ether oxygens (including phenoxy) is 1. The van der Waals surface area contributed by atoms with Crippen molar-refractivity contribution in [3.63, 3.8) is 0 Å². The lowest BCUT2D eigenvalue weighted by atomic mass is 10.00. The zero-order valence-electron chi connectivity index (χ0n) is 10.6. The summed E-state index contributed by atoms with van der Waals surface area (Å²) in [6.07, 6.45) is 3.34. The van der Waals surface area contributed by atoms with Crippen LogP contribution >= 0.6 is 22.6 Å². The second-order valence-corrected chi connectivity index (χ2v) is 5.74. The van der Waals surface area contributed by atoms with Gasteiger partial charge in [-0.15, -0.1) is 0 Å². The Hall–Kier alpha value is -0.290. The molecule has 17 heavy (non-hydrogen) atoms. The summed E-state index contributed by atoms with van der Waals surface area (Å²) < 4.78 is 7.12. The van der Waals surface area contributed by atoms with Crippen LogP contribution in [0.3, 0.4) is 0 Å². The monoisotopic (exact) mass is 345 g/mol. The smallest absolute Gasteiger partial charge is 0.127 e. The van der Waals surface area contributed by atoms with E-state index in [4.69, 9.17) is 4.74 Å². The fourth-order valence-corrected chi connectivity index (χ4v) is 3.06. The van der Waals surface area contributed by atoms with Gasteiger partial charge in [0.15, 0.2) is 0 Å². The lowest BCUT2D eigenvalue weighted by molar-refractivity contribution is 0.347. The van der Waals surface area contributed by atoms with Gasteiger partial charge in [-0.25, -0.2) is 0 Å². The SMILES string of the molecule is CCCNC(CC)c1cc(I)cc2c1OCC2. The Morgan fingerprint density at radius 1 is 1.41 bits per heavy atom. The Balaban J connectivity index is 2.29. The first kappa shape index (κ1) is 13.1. The maximum absolute atomic E-state index is 5.80. The molecule has 1 aromatic carbocycles. The number of fused-ring (bicyclic) bond motifs is 1. The molecule has 0 radical (unpaired) electrons. The minimum Gasteiger partial charge on any atom is -0.493 e. The first-order chi connectivity index (χ1) is 8.26. The zero-order chi connectivity index (χ0) is 12.3. The zero-order valence-corrected chi connectivity index (χ0v) is 12.7. The number of nitrogens with one attached hydrogen (secondary N) is 1. The van der Waals surface area contributed by atoms with Crippen LogP contribution in [0.2, 0.25) is 0 Å². The van der Waals surface area contributed by atoms with E-state index in [9.17, 15) is 0 Å². The summed E-state index contributed by atoms with van der Waals surface area (Å²) in [5.41, 5.74) is 2.73. The van der Waals surface area contributed by atoms with Gasteiger partial charge in [-0.2, -0.15) is 0 Å². The van der Waals surface area contributed by atoms with Crippen molar-refractivity contribution in [1.82, 2.24) is 5.32 Å². The average Bonchev–Trinajstić information content (AvgIpc) is 2.77. The van der Waals surface area contributed by atoms with Crippen molar-refractivity contribution < 1.29 is 4.74 Å². The summed E-state index contributed by atoms with van der Waals surface area (Å²) >= 11 is 2.40. The highest BCUT2D eigenvalue weighted by molar-refractivity contribution is 14.1. The molecule has 0 fully saturated rings. The number of rotatable bonds is 5. The molecule has 1 unspecified atom stereocenters. The second kappa shape index (κ2) is 6.05. The molecular formula is C14H20INO. The predicted molar refractivity (Wildman–Crippen MR) is 79.7 cm³/mol. The second-order valence-electron chi connectivity index (χ2n) is 4.50. The van der Waals surface area contributed by atoms with Crippen molar-refractivity contribution in [3.05, 3.63) is 26.8 Å². The molecule has 0 spiro atoms. The summed E-state index contributed by atoms with van der Waals surface area (Å²) in [5.74, 6) is 1.14. The van der Waals surface area contributed by atoms with Gasteiger partial charge in [0, 0.05) is 21.6 Å². The van der Waals surface area contributed by atoms with Crippen LogP contribution in [0.25, 0.3) is 0 Å². The minimum absolute atomic E-state index is 0.427. The molecule has 1 aromatic rings. The van der Waals surface area contributed by atoms with E-state index in [1.54, 1.807) is 0 Å². The fourth-order valence-electron chi connectivity index (χ4n) is 2.35. The van der Waals surface area contributed by atoms with E-state index >= 15 is 0 Å². The van der Waals surface area contributed by atoms with Crippen molar-refractivity contribution in [2.24, 2.45) is 0 Å². The minimum atomic E-state index is 0.427. The topological polar surface area (TPSA) is 21.3 Å². The molecule has 94 valence electrons. The molecule has 1 heterocycles. The molecule has 0 aromatic heterocycles. The number of halogens is 1. The Bertz CT molecular complexity index is 392. The van der Waals surface area contributed by atoms with Crippen molar-refractivity contribution in [1.29, 1.82) is 0 Å². The largest absolute Gasteiger partial charge is 0.493 e. The summed E-state index contributed by atoms with van der Waals surface area (Å²) in [6.45, 7) is 6.34. The molecule has 0 aliphatic carbocycles. The molecule has 0 amide bonds. The highest BCUT2D eigenvalue weighted by atomic mass is 127. The van der Waals surface area contributed by atoms with Gasteiger partial charge >= 0.3 is 0 Å². The van der Waals surface area contributed by atoms with Gasteiger partial charge in [0.2, 0.25) is 0 Å². The van der Waals surface area contributed by atoms with Gasteiger partial charge in [-0.1, -0.05) is 13.8 Å². The van der Waals surface area contributed by atoms with Crippen LogP contribution < -0.4 is 10.1 Å². The molecule has 0 saturated heterocycles. The molecule has 2 nitrogen and oxygen atoms in total. The maximum atomic E-state index is 5.80. The molecule has 0 bridgehead atoms. The van der Waals surface area contributed by atoms with E-state index in [2.05, 4.69) is 53.9 Å². The third kappa shape index (κ3) is 2.94. The van der Waals surface area contributed by atoms with Crippen LogP contribution in [0.15, 0.2) is 12.1 Å². The van der Waals surface area contributed by atoms with E-state index in [1.165, 1.54) is 21.1 Å². The average molecular weight is 345 g/mol. The third-order valence-electron chi connectivity index (χ3n) is 3.20. The fraction of sp³-hybridized carbons (Fsp3) is 0.571. The van der Waals surface area contributed by atoms with Gasteiger partial charge in [-0.3, -0.25) is 0 Å². The van der Waals surface area contributed by atoms with Crippen molar-refractivity contribution in [2.75, 3.05) is 13.2 Å². The summed E-state index contributed by atoms with van der Waals surface area (Å²) in [7, 11) is 0. The maximum Gasteiger partial charge on any atom is 0.127 e. The van der Waals surface area contributed by atoms with Crippen molar-refractivity contribution >= 4 is 22.6 Å². The molecule has 3 heteroatoms. The Morgan fingerprint density at radius 3 is 2.94 bits per heavy atom. The van der Waals surface area contributed by atoms with Crippen LogP contribution in [0.1, 0.15) is 43.9 Å². The van der Waals surface area contributed by atoms with E-state index in [-0.39, 0.29) is 0 Å². The van der Waals surface area contributed by atoms with Gasteiger partial charge in [0.1, 0.15) is 5.75 Å². The molecule has 1 aliphatic heterocycles. The van der Waals surface area contributed by atoms with Crippen LogP contribution in [0.5, 0.6) is 5.75 Å². The molecule has 1 aliphatic rings. The summed E-state index contributed by atoms with van der Waals surface area (Å²) in [4.78, 5) is 0. The molecule has 1 atom stereocenters. The molecule has 2 rings (SSSR count). The first-order valence-corrected chi connectivity index (χ1v) is 7.52. The van der Waals surface area contributed by atoms with Crippen molar-refractivity contribution in [2.45, 2.75) is 39.2 Å². The summed E-state index contributed by atoms with van der Waals surface area (Å²) in [6, 6.07) is 4.94. The number of hydrogen-bond donors (Lipinski definition) is 1. The van der Waals surface area contributed by atoms with Crippen LogP contribution in [-0.4, -0.2) is 13.2 Å². The van der Waals surface area contributed by atoms with E-state index in [1.807, 2.05) is 0 Å². The lowest BCUT2D eigenvalue weighted by Gasteiger charge is -2.20. The Morgan fingerprint density at radius 2 is 2.24 bits per heavy atom. The van der Waals surface area contributed by atoms with Crippen LogP contribution in [-0.2, 0) is 6.42 Å². The number of hydrogen-bond acceptors (Lipinski definition) is 2. The van der Waals surface area contributed by atoms with E-state index < -0.39 is 0 Å². The Kier molecular flexibility index (Phi) is 4.68. The quantitative estimate of drug-likeness (QED) is 0.822. The number of benzene rings is 1. The van der Waals surface area contributed by atoms with E-state index in [0.29, 0.717) is 6.04 Å². The van der Waals surface area contributed by atoms with Crippen molar-refractivity contribution in [3.8, 4) is 5.75 Å². The molecular weight excluding hydrogens is 325 g/mol. The van der Waals surface area contributed by atoms with Gasteiger partial charge in [-0.05, 0) is 59.7 Å².